The summed E-state index contributed by atoms with van der Waals surface area (Å²) in [4.78, 5) is 106. The van der Waals surface area contributed by atoms with Crippen molar-refractivity contribution in [2.45, 2.75) is 95.5 Å². The van der Waals surface area contributed by atoms with Crippen LogP contribution in [-0.4, -0.2) is 97.9 Å². The summed E-state index contributed by atoms with van der Waals surface area (Å²) in [6.45, 7) is 0.355. The highest BCUT2D eigenvalue weighted by Gasteiger charge is 2.37. The van der Waals surface area contributed by atoms with E-state index in [-0.39, 0.29) is 38.5 Å². The van der Waals surface area contributed by atoms with Crippen molar-refractivity contribution in [3.8, 4) is 0 Å². The first kappa shape index (κ1) is 52.1. The molecule has 0 saturated carbocycles. The van der Waals surface area contributed by atoms with E-state index in [1.807, 2.05) is 28.7 Å². The van der Waals surface area contributed by atoms with Crippen LogP contribution in [0.5, 0.6) is 0 Å². The first-order valence-corrected chi connectivity index (χ1v) is 22.7. The van der Waals surface area contributed by atoms with Crippen molar-refractivity contribution in [2.24, 2.45) is 28.7 Å². The molecule has 0 aliphatic rings. The number of rotatable bonds is 27. The summed E-state index contributed by atoms with van der Waals surface area (Å²) >= 11 is 3.80. The summed E-state index contributed by atoms with van der Waals surface area (Å²) in [5.74, 6) is -6.35. The Hall–Kier alpha value is -5.20. The molecule has 63 heavy (non-hydrogen) atoms. The van der Waals surface area contributed by atoms with Crippen molar-refractivity contribution < 1.29 is 38.4 Å². The predicted octanol–water partition coefficient (Wildman–Crippen LogP) is -0.562. The molecule has 18 nitrogen and oxygen atoms in total. The minimum atomic E-state index is -1.51. The molecule has 0 saturated heterocycles. The number of primary amides is 3. The van der Waals surface area contributed by atoms with Gasteiger partial charge in [0, 0.05) is 33.5 Å². The Bertz CT molecular complexity index is 2000. The second-order valence-electron chi connectivity index (χ2n) is 14.9. The largest absolute Gasteiger partial charge is 0.370 e. The van der Waals surface area contributed by atoms with Gasteiger partial charge in [-0.3, -0.25) is 38.4 Å². The van der Waals surface area contributed by atoms with Crippen LogP contribution in [0.1, 0.15) is 48.8 Å². The molecule has 3 rings (SSSR count). The van der Waals surface area contributed by atoms with Gasteiger partial charge in [0.2, 0.25) is 47.3 Å². The molecule has 2 unspecified atom stereocenters. The number of halogens is 2. The average Bonchev–Trinajstić information content (AvgIpc) is 3.24. The van der Waals surface area contributed by atoms with E-state index in [1.54, 1.807) is 108 Å². The third kappa shape index (κ3) is 18.6. The van der Waals surface area contributed by atoms with Gasteiger partial charge in [0.1, 0.15) is 30.2 Å². The topological polar surface area (TPSA) is 327 Å². The maximum atomic E-state index is 14.4. The van der Waals surface area contributed by atoms with E-state index in [4.69, 9.17) is 28.7 Å². The van der Waals surface area contributed by atoms with Crippen LogP contribution < -0.4 is 55.3 Å². The number of hydrogen-bond acceptors (Lipinski definition) is 10. The fourth-order valence-electron chi connectivity index (χ4n) is 6.40. The van der Waals surface area contributed by atoms with Crippen molar-refractivity contribution in [1.29, 1.82) is 0 Å². The molecule has 15 N–H and O–H groups in total. The van der Waals surface area contributed by atoms with Gasteiger partial charge in [0.15, 0.2) is 0 Å². The van der Waals surface area contributed by atoms with E-state index < -0.39 is 91.4 Å². The van der Waals surface area contributed by atoms with Crippen molar-refractivity contribution in [3.05, 3.63) is 108 Å². The molecule has 0 heterocycles. The van der Waals surface area contributed by atoms with Crippen LogP contribution in [0.2, 0.25) is 0 Å². The SMILES string of the molecule is NCCCC(I)[C@H](NC(=O)[C@H](Cc1ccccc1)NC(=O)[C@@H](NC(=O)[C@H](Cc1ccccc1)NC(=O)[C@H](CCC(N)=O)NC(=O)[C@@H](N)Cc1ccccc1)C(I)CC(N)=O)C(N)=O. The third-order valence-corrected chi connectivity index (χ3v) is 12.3. The fraction of sp³-hybridized carbons (Fsp3) is 0.395. The van der Waals surface area contributed by atoms with Crippen molar-refractivity contribution in [3.63, 3.8) is 0 Å². The maximum Gasteiger partial charge on any atom is 0.244 e. The van der Waals surface area contributed by atoms with E-state index in [0.29, 0.717) is 30.5 Å². The van der Waals surface area contributed by atoms with Crippen LogP contribution in [0.3, 0.4) is 0 Å². The zero-order chi connectivity index (χ0) is 46.5. The number of hydrogen-bond donors (Lipinski definition) is 10. The normalized spacial score (nSPS) is 14.8. The molecule has 0 bridgehead atoms. The highest BCUT2D eigenvalue weighted by Crippen LogP contribution is 2.17. The molecule has 3 aromatic rings. The second kappa shape index (κ2) is 27.1. The summed E-state index contributed by atoms with van der Waals surface area (Å²) < 4.78 is -1.40. The number of nitrogens with two attached hydrogens (primary N) is 5. The summed E-state index contributed by atoms with van der Waals surface area (Å²) in [5.41, 5.74) is 30.5. The molecule has 0 fully saturated rings. The molecule has 8 atom stereocenters. The number of amides is 8. The van der Waals surface area contributed by atoms with Crippen LogP contribution in [0.15, 0.2) is 91.0 Å². The average molecular weight is 1090 g/mol. The number of benzene rings is 3. The van der Waals surface area contributed by atoms with E-state index in [2.05, 4.69) is 26.6 Å². The van der Waals surface area contributed by atoms with Crippen molar-refractivity contribution >= 4 is 92.4 Å². The Morgan fingerprint density at radius 1 is 0.492 bits per heavy atom. The second-order valence-corrected chi connectivity index (χ2v) is 18.1. The van der Waals surface area contributed by atoms with Crippen LogP contribution in [0.4, 0.5) is 0 Å². The van der Waals surface area contributed by atoms with E-state index in [0.717, 1.165) is 5.56 Å². The lowest BCUT2D eigenvalue weighted by atomic mass is 10.0. The number of nitrogens with one attached hydrogen (secondary N) is 5. The van der Waals surface area contributed by atoms with Crippen molar-refractivity contribution in [2.75, 3.05) is 6.54 Å². The van der Waals surface area contributed by atoms with E-state index in [9.17, 15) is 38.4 Å². The maximum absolute atomic E-state index is 14.4. The van der Waals surface area contributed by atoms with Crippen LogP contribution in [-0.2, 0) is 57.6 Å². The van der Waals surface area contributed by atoms with E-state index in [1.165, 1.54) is 0 Å². The Morgan fingerprint density at radius 2 is 0.921 bits per heavy atom. The zero-order valence-electron chi connectivity index (χ0n) is 34.6. The smallest absolute Gasteiger partial charge is 0.244 e. The van der Waals surface area contributed by atoms with Gasteiger partial charge in [-0.25, -0.2) is 0 Å². The van der Waals surface area contributed by atoms with Crippen LogP contribution in [0.25, 0.3) is 0 Å². The molecule has 340 valence electrons. The summed E-state index contributed by atoms with van der Waals surface area (Å²) in [6, 6.07) is 18.6. The number of alkyl halides is 2. The molecule has 0 aliphatic carbocycles. The predicted molar refractivity (Wildman–Crippen MR) is 253 cm³/mol. The molecule has 0 aromatic heterocycles. The molecule has 0 spiro atoms. The zero-order valence-corrected chi connectivity index (χ0v) is 38.9. The standard InChI is InChI=1S/C43H56I2N10O8/c44-28(17-10-20-46)36(38(50)58)54-41(61)33(23-27-15-8-3-9-16-27)53-43(63)37(29(45)24-35(49)57)55-42(62)32(22-26-13-6-2-7-14-26)52-40(60)31(18-19-34(48)56)51-39(59)30(47)21-25-11-4-1-5-12-25/h1-9,11-16,28-33,36-37H,10,17-24,46-47H2,(H2,48,56)(H2,49,57)(H2,50,58)(H,51,59)(H,52,60)(H,53,63)(H,54,61)(H,55,62)/t28?,29?,30-,31-,32-,33-,36-,37-/m0/s1. The number of carbonyl (C=O) groups is 8. The minimum absolute atomic E-state index is 0.0406. The quantitative estimate of drug-likeness (QED) is 0.0343. The first-order valence-electron chi connectivity index (χ1n) is 20.2. The van der Waals surface area contributed by atoms with Gasteiger partial charge >= 0.3 is 0 Å². The Morgan fingerprint density at radius 3 is 1.37 bits per heavy atom. The van der Waals surface area contributed by atoms with Gasteiger partial charge in [-0.05, 0) is 48.9 Å². The molecular weight excluding hydrogens is 1040 g/mol. The molecule has 20 heteroatoms. The molecule has 0 aliphatic heterocycles. The molecular formula is C43H56I2N10O8. The summed E-state index contributed by atoms with van der Waals surface area (Å²) in [6.07, 6.45) is 0.140. The summed E-state index contributed by atoms with van der Waals surface area (Å²) in [5, 5.41) is 13.2. The van der Waals surface area contributed by atoms with Gasteiger partial charge in [-0.2, -0.15) is 0 Å². The third-order valence-electron chi connectivity index (χ3n) is 9.77. The van der Waals surface area contributed by atoms with Crippen LogP contribution in [0, 0.1) is 0 Å². The lowest BCUT2D eigenvalue weighted by Crippen LogP contribution is -2.62. The molecule has 8 amide bonds. The highest BCUT2D eigenvalue weighted by molar-refractivity contribution is 14.1. The molecule has 3 aromatic carbocycles. The Kier molecular flexibility index (Phi) is 22.4. The molecule has 0 radical (unpaired) electrons. The Labute approximate surface area is 393 Å². The van der Waals surface area contributed by atoms with Gasteiger partial charge in [-0.1, -0.05) is 136 Å². The van der Waals surface area contributed by atoms with Crippen LogP contribution >= 0.6 is 45.2 Å². The monoisotopic (exact) mass is 1090 g/mol. The van der Waals surface area contributed by atoms with E-state index >= 15 is 0 Å². The van der Waals surface area contributed by atoms with Gasteiger partial charge in [0.25, 0.3) is 0 Å². The fourth-order valence-corrected chi connectivity index (χ4v) is 8.32. The summed E-state index contributed by atoms with van der Waals surface area (Å²) in [7, 11) is 0. The minimum Gasteiger partial charge on any atom is -0.370 e. The Balaban J connectivity index is 1.95. The lowest BCUT2D eigenvalue weighted by molar-refractivity contribution is -0.135. The van der Waals surface area contributed by atoms with Crippen molar-refractivity contribution in [1.82, 2.24) is 26.6 Å². The van der Waals surface area contributed by atoms with Gasteiger partial charge in [0.05, 0.1) is 6.04 Å². The highest BCUT2D eigenvalue weighted by atomic mass is 127. The number of carbonyl (C=O) groups excluding carboxylic acids is 8. The first-order chi connectivity index (χ1) is 30.0. The lowest BCUT2D eigenvalue weighted by Gasteiger charge is -2.29. The van der Waals surface area contributed by atoms with Gasteiger partial charge < -0.3 is 55.3 Å². The van der Waals surface area contributed by atoms with Gasteiger partial charge in [-0.15, -0.1) is 0 Å².